The molecule has 0 unspecified atom stereocenters. The van der Waals surface area contributed by atoms with Gasteiger partial charge in [0, 0.05) is 5.56 Å². The Labute approximate surface area is 207 Å². The van der Waals surface area contributed by atoms with Crippen LogP contribution in [0.5, 0.6) is 17.2 Å². The zero-order valence-corrected chi connectivity index (χ0v) is 20.8. The number of thioether (sulfide) groups is 1. The molecule has 1 saturated heterocycles. The van der Waals surface area contributed by atoms with Crippen LogP contribution in [0.4, 0.5) is 5.69 Å². The lowest BCUT2D eigenvalue weighted by Gasteiger charge is -2.13. The second-order valence-corrected chi connectivity index (χ2v) is 9.99. The molecule has 0 radical (unpaired) electrons. The smallest absolute Gasteiger partial charge is 0.339 e. The Bertz CT molecular complexity index is 1410. The van der Waals surface area contributed by atoms with Crippen molar-refractivity contribution in [1.82, 2.24) is 5.32 Å². The molecule has 1 amide bonds. The van der Waals surface area contributed by atoms with Crippen LogP contribution in [-0.2, 0) is 14.9 Å². The molecule has 1 fully saturated rings. The van der Waals surface area contributed by atoms with E-state index in [0.717, 1.165) is 17.3 Å². The van der Waals surface area contributed by atoms with E-state index >= 15 is 0 Å². The van der Waals surface area contributed by atoms with Crippen LogP contribution >= 0.6 is 11.8 Å². The Morgan fingerprint density at radius 3 is 2.31 bits per heavy atom. The number of rotatable bonds is 7. The molecule has 3 aromatic rings. The fourth-order valence-corrected chi connectivity index (χ4v) is 4.95. The number of para-hydroxylation sites is 1. The van der Waals surface area contributed by atoms with Gasteiger partial charge in [-0.05, 0) is 67.2 Å². The maximum absolute atomic E-state index is 12.9. The van der Waals surface area contributed by atoms with Crippen LogP contribution in [-0.4, -0.2) is 33.7 Å². The summed E-state index contributed by atoms with van der Waals surface area (Å²) >= 11 is 1.13. The molecule has 0 spiro atoms. The van der Waals surface area contributed by atoms with Crippen molar-refractivity contribution in [1.29, 1.82) is 0 Å². The van der Waals surface area contributed by atoms with Gasteiger partial charge in [0.2, 0.25) is 0 Å². The highest BCUT2D eigenvalue weighted by Gasteiger charge is 2.26. The molecule has 0 aromatic heterocycles. The van der Waals surface area contributed by atoms with Crippen molar-refractivity contribution in [2.75, 3.05) is 14.2 Å². The van der Waals surface area contributed by atoms with Gasteiger partial charge in [-0.2, -0.15) is 8.42 Å². The number of amidine groups is 1. The van der Waals surface area contributed by atoms with Gasteiger partial charge in [0.05, 0.1) is 24.8 Å². The quantitative estimate of drug-likeness (QED) is 0.364. The lowest BCUT2D eigenvalue weighted by Crippen LogP contribution is -2.19. The molecule has 8 nitrogen and oxygen atoms in total. The van der Waals surface area contributed by atoms with Crippen LogP contribution in [0.2, 0.25) is 0 Å². The second kappa shape index (κ2) is 10.2. The number of methoxy groups -OCH3 is 2. The van der Waals surface area contributed by atoms with Crippen LogP contribution in [0.25, 0.3) is 6.08 Å². The maximum atomic E-state index is 12.9. The zero-order chi connectivity index (χ0) is 25.0. The lowest BCUT2D eigenvalue weighted by atomic mass is 10.1. The predicted octanol–water partition coefficient (Wildman–Crippen LogP) is 4.67. The molecule has 1 N–H and O–H groups in total. The first kappa shape index (κ1) is 24.4. The predicted molar refractivity (Wildman–Crippen MR) is 136 cm³/mol. The third kappa shape index (κ3) is 5.67. The third-order valence-electron chi connectivity index (χ3n) is 4.97. The fraction of sp³-hybridized carbons (Fsp3) is 0.120. The third-order valence-corrected chi connectivity index (χ3v) is 7.12. The largest absolute Gasteiger partial charge is 0.497 e. The van der Waals surface area contributed by atoms with E-state index in [-0.39, 0.29) is 22.3 Å². The number of aryl methyl sites for hydroxylation is 1. The van der Waals surface area contributed by atoms with Crippen LogP contribution in [0.15, 0.2) is 81.5 Å². The molecule has 1 aliphatic heterocycles. The summed E-state index contributed by atoms with van der Waals surface area (Å²) < 4.78 is 41.8. The number of hydrogen-bond donors (Lipinski definition) is 1. The minimum Gasteiger partial charge on any atom is -0.497 e. The van der Waals surface area contributed by atoms with E-state index in [4.69, 9.17) is 13.7 Å². The van der Waals surface area contributed by atoms with Gasteiger partial charge in [-0.1, -0.05) is 29.8 Å². The molecule has 0 bridgehead atoms. The molecule has 1 aliphatic rings. The molecule has 180 valence electrons. The van der Waals surface area contributed by atoms with Crippen molar-refractivity contribution in [2.24, 2.45) is 4.99 Å². The van der Waals surface area contributed by atoms with E-state index in [9.17, 15) is 13.2 Å². The highest BCUT2D eigenvalue weighted by molar-refractivity contribution is 8.18. The summed E-state index contributed by atoms with van der Waals surface area (Å²) in [5, 5.41) is 3.11. The summed E-state index contributed by atoms with van der Waals surface area (Å²) in [4.78, 5) is 17.4. The van der Waals surface area contributed by atoms with Gasteiger partial charge < -0.3 is 19.0 Å². The Kier molecular flexibility index (Phi) is 7.13. The Morgan fingerprint density at radius 2 is 1.66 bits per heavy atom. The summed E-state index contributed by atoms with van der Waals surface area (Å²) in [5.41, 5.74) is 1.93. The molecular formula is C25H22N2O6S2. The SMILES string of the molecule is COc1ccc(N=C2NC(=O)/C(=C/c3cccc(OC)c3OS(=O)(=O)c3ccc(C)cc3)S2)cc1. The number of ether oxygens (including phenoxy) is 2. The van der Waals surface area contributed by atoms with Crippen molar-refractivity contribution in [2.45, 2.75) is 11.8 Å². The van der Waals surface area contributed by atoms with Crippen molar-refractivity contribution >= 4 is 44.7 Å². The van der Waals surface area contributed by atoms with E-state index in [1.165, 1.54) is 19.2 Å². The number of hydrogen-bond acceptors (Lipinski definition) is 8. The number of nitrogens with one attached hydrogen (secondary N) is 1. The molecule has 0 atom stereocenters. The highest BCUT2D eigenvalue weighted by atomic mass is 32.2. The van der Waals surface area contributed by atoms with Gasteiger partial charge >= 0.3 is 10.1 Å². The highest BCUT2D eigenvalue weighted by Crippen LogP contribution is 2.37. The second-order valence-electron chi connectivity index (χ2n) is 7.41. The van der Waals surface area contributed by atoms with Gasteiger partial charge in [0.25, 0.3) is 5.91 Å². The Hall–Kier alpha value is -3.76. The summed E-state index contributed by atoms with van der Waals surface area (Å²) in [5.74, 6) is 0.531. The first-order valence-electron chi connectivity index (χ1n) is 10.4. The van der Waals surface area contributed by atoms with Gasteiger partial charge in [0.1, 0.15) is 10.6 Å². The number of benzene rings is 3. The lowest BCUT2D eigenvalue weighted by molar-refractivity contribution is -0.115. The van der Waals surface area contributed by atoms with E-state index in [1.54, 1.807) is 67.8 Å². The normalized spacial score (nSPS) is 15.8. The summed E-state index contributed by atoms with van der Waals surface area (Å²) in [6.07, 6.45) is 1.54. The topological polar surface area (TPSA) is 103 Å². The molecule has 10 heteroatoms. The molecule has 1 heterocycles. The minimum atomic E-state index is -4.14. The zero-order valence-electron chi connectivity index (χ0n) is 19.1. The van der Waals surface area contributed by atoms with E-state index in [1.807, 2.05) is 6.92 Å². The average Bonchev–Trinajstić information content (AvgIpc) is 3.19. The van der Waals surface area contributed by atoms with Crippen molar-refractivity contribution in [3.05, 3.63) is 82.8 Å². The fourth-order valence-electron chi connectivity index (χ4n) is 3.15. The first-order valence-corrected chi connectivity index (χ1v) is 12.6. The van der Waals surface area contributed by atoms with Crippen LogP contribution in [0.1, 0.15) is 11.1 Å². The van der Waals surface area contributed by atoms with Crippen molar-refractivity contribution in [3.8, 4) is 17.2 Å². The van der Waals surface area contributed by atoms with E-state index in [2.05, 4.69) is 10.3 Å². The number of nitrogens with zero attached hydrogens (tertiary/aromatic N) is 1. The van der Waals surface area contributed by atoms with Crippen LogP contribution in [0.3, 0.4) is 0 Å². The maximum Gasteiger partial charge on any atom is 0.339 e. The van der Waals surface area contributed by atoms with Gasteiger partial charge in [-0.3, -0.25) is 4.79 Å². The van der Waals surface area contributed by atoms with Gasteiger partial charge in [-0.15, -0.1) is 0 Å². The molecule has 0 aliphatic carbocycles. The summed E-state index contributed by atoms with van der Waals surface area (Å²) in [6.45, 7) is 1.86. The first-order chi connectivity index (χ1) is 16.8. The standard InChI is InChI=1S/C25H22N2O6S2/c1-16-7-13-20(14-8-16)35(29,30)33-23-17(5-4-6-21(23)32-3)15-22-24(28)27-25(34-22)26-18-9-11-19(31-2)12-10-18/h4-15H,1-3H3,(H,26,27,28)/b22-15-. The average molecular weight is 511 g/mol. The molecular weight excluding hydrogens is 488 g/mol. The Morgan fingerprint density at radius 1 is 0.943 bits per heavy atom. The molecule has 0 saturated carbocycles. The van der Waals surface area contributed by atoms with Gasteiger partial charge in [0.15, 0.2) is 16.7 Å². The van der Waals surface area contributed by atoms with Gasteiger partial charge in [-0.25, -0.2) is 4.99 Å². The summed E-state index contributed by atoms with van der Waals surface area (Å²) in [7, 11) is -1.15. The monoisotopic (exact) mass is 510 g/mol. The number of carbonyl (C=O) groups is 1. The molecule has 3 aromatic carbocycles. The van der Waals surface area contributed by atoms with E-state index < -0.39 is 10.1 Å². The van der Waals surface area contributed by atoms with Crippen LogP contribution in [0, 0.1) is 6.92 Å². The minimum absolute atomic E-state index is 0.00880. The summed E-state index contributed by atoms with van der Waals surface area (Å²) in [6, 6.07) is 18.3. The number of carbonyl (C=O) groups excluding carboxylic acids is 1. The molecule has 35 heavy (non-hydrogen) atoms. The van der Waals surface area contributed by atoms with Crippen LogP contribution < -0.4 is 19.0 Å². The Balaban J connectivity index is 1.65. The van der Waals surface area contributed by atoms with Crippen molar-refractivity contribution in [3.63, 3.8) is 0 Å². The van der Waals surface area contributed by atoms with Crippen molar-refractivity contribution < 1.29 is 26.9 Å². The number of amides is 1. The molecule has 4 rings (SSSR count). The number of aliphatic imine (C=N–C) groups is 1. The van der Waals surface area contributed by atoms with E-state index in [0.29, 0.717) is 27.1 Å².